The molecule has 4 aromatic carbocycles. The molecular formula is C65H93Cl2F2N5O7Si4. The SMILES string of the molecule is [C-]#[N+]c1ccc(CC(C(=O)NCC(=O)c2ccc(F)c(O[Si](C)(C)C(C)(C)C)c2)[C@@H](C)O[Si](C)(C)C(C)(C)C)c(C)c1Cl.[C-]#[N+]c1ccc(CC(c2nnc(-c3ccc(F)c(O[Si](C)(C)C(C)(C)C)c3)o2)[C@@H](C)O[Si](C)(C)C(C)(C)C)c(C)c1Cl. The van der Waals surface area contributed by atoms with Gasteiger partial charge < -0.3 is 27.4 Å². The van der Waals surface area contributed by atoms with Crippen LogP contribution >= 0.6 is 23.2 Å². The summed E-state index contributed by atoms with van der Waals surface area (Å²) in [7, 11) is -8.99. The minimum Gasteiger partial charge on any atom is -0.542 e. The van der Waals surface area contributed by atoms with E-state index >= 15 is 0 Å². The molecule has 1 amide bonds. The van der Waals surface area contributed by atoms with Gasteiger partial charge in [0.2, 0.25) is 29.1 Å². The van der Waals surface area contributed by atoms with Gasteiger partial charge in [0.1, 0.15) is 11.5 Å². The summed E-state index contributed by atoms with van der Waals surface area (Å²) < 4.78 is 61.7. The summed E-state index contributed by atoms with van der Waals surface area (Å²) in [6, 6.07) is 15.9. The highest BCUT2D eigenvalue weighted by atomic mass is 35.5. The summed E-state index contributed by atoms with van der Waals surface area (Å²) in [4.78, 5) is 33.9. The third-order valence-corrected chi connectivity index (χ3v) is 36.9. The molecule has 1 aromatic heterocycles. The molecule has 5 rings (SSSR count). The maximum atomic E-state index is 14.9. The van der Waals surface area contributed by atoms with Gasteiger partial charge in [-0.3, -0.25) is 9.59 Å². The number of amides is 1. The van der Waals surface area contributed by atoms with E-state index in [9.17, 15) is 18.4 Å². The monoisotopic (exact) mass is 1280 g/mol. The molecule has 1 heterocycles. The number of Topliss-reactive ketones (excluding diaryl/α,β-unsaturated/α-hetero) is 1. The third-order valence-electron chi connectivity index (χ3n) is 18.1. The van der Waals surface area contributed by atoms with E-state index in [1.807, 2.05) is 52.9 Å². The molecule has 85 heavy (non-hydrogen) atoms. The van der Waals surface area contributed by atoms with Gasteiger partial charge in [0.25, 0.3) is 16.6 Å². The zero-order chi connectivity index (χ0) is 65.0. The van der Waals surface area contributed by atoms with E-state index in [0.29, 0.717) is 45.7 Å². The number of rotatable bonds is 20. The van der Waals surface area contributed by atoms with Crippen LogP contribution in [0, 0.1) is 44.5 Å². The molecule has 4 atom stereocenters. The fraction of sp³-hybridized carbons (Fsp3) is 0.538. The molecule has 5 aromatic rings. The molecule has 0 aliphatic carbocycles. The highest BCUT2D eigenvalue weighted by Gasteiger charge is 2.44. The molecule has 464 valence electrons. The lowest BCUT2D eigenvalue weighted by Gasteiger charge is -2.40. The van der Waals surface area contributed by atoms with Crippen LogP contribution in [0.5, 0.6) is 11.5 Å². The molecule has 0 saturated heterocycles. The van der Waals surface area contributed by atoms with Gasteiger partial charge in [-0.25, -0.2) is 18.5 Å². The molecule has 0 aliphatic rings. The number of ketones is 1. The second kappa shape index (κ2) is 27.6. The zero-order valence-corrected chi connectivity index (χ0v) is 60.4. The molecular weight excluding hydrogens is 1180 g/mol. The minimum absolute atomic E-state index is 0.0109. The number of halogens is 4. The first-order valence-corrected chi connectivity index (χ1v) is 41.4. The predicted molar refractivity (Wildman–Crippen MR) is 353 cm³/mol. The Labute approximate surface area is 521 Å². The molecule has 0 bridgehead atoms. The van der Waals surface area contributed by atoms with Crippen LogP contribution < -0.4 is 14.2 Å². The van der Waals surface area contributed by atoms with Gasteiger partial charge in [0, 0.05) is 11.1 Å². The number of hydrogen-bond acceptors (Lipinski definition) is 9. The normalized spacial score (nSPS) is 14.2. The molecule has 2 unspecified atom stereocenters. The van der Waals surface area contributed by atoms with E-state index in [4.69, 9.17) is 58.5 Å². The lowest BCUT2D eigenvalue weighted by molar-refractivity contribution is -0.127. The largest absolute Gasteiger partial charge is 0.542 e. The van der Waals surface area contributed by atoms with Gasteiger partial charge in [0.05, 0.1) is 53.8 Å². The van der Waals surface area contributed by atoms with Crippen LogP contribution in [0.2, 0.25) is 82.6 Å². The van der Waals surface area contributed by atoms with Crippen LogP contribution in [0.25, 0.3) is 21.1 Å². The maximum absolute atomic E-state index is 14.9. The van der Waals surface area contributed by atoms with Crippen LogP contribution in [0.3, 0.4) is 0 Å². The van der Waals surface area contributed by atoms with Gasteiger partial charge in [-0.15, -0.1) is 10.2 Å². The van der Waals surface area contributed by atoms with Crippen LogP contribution in [-0.2, 0) is 26.5 Å². The lowest BCUT2D eigenvalue weighted by atomic mass is 9.91. The van der Waals surface area contributed by atoms with E-state index in [1.54, 1.807) is 24.3 Å². The van der Waals surface area contributed by atoms with Crippen molar-refractivity contribution in [2.75, 3.05) is 6.54 Å². The Balaban J connectivity index is 0.000000364. The number of nitrogens with one attached hydrogen (secondary N) is 1. The molecule has 0 spiro atoms. The number of carbonyl (C=O) groups is 2. The molecule has 0 saturated carbocycles. The number of aromatic nitrogens is 2. The molecule has 0 radical (unpaired) electrons. The van der Waals surface area contributed by atoms with E-state index < -0.39 is 56.9 Å². The second-order valence-electron chi connectivity index (χ2n) is 28.5. The molecule has 0 aliphatic heterocycles. The first kappa shape index (κ1) is 72.4. The smallest absolute Gasteiger partial charge is 0.250 e. The number of benzene rings is 4. The molecule has 12 nitrogen and oxygen atoms in total. The van der Waals surface area contributed by atoms with E-state index in [1.165, 1.54) is 24.3 Å². The average Bonchev–Trinajstić information content (AvgIpc) is 2.60. The highest BCUT2D eigenvalue weighted by molar-refractivity contribution is 6.75. The van der Waals surface area contributed by atoms with Gasteiger partial charge in [-0.1, -0.05) is 131 Å². The quantitative estimate of drug-likeness (QED) is 0.0460. The lowest BCUT2D eigenvalue weighted by Crippen LogP contribution is -2.48. The average molecular weight is 1280 g/mol. The Morgan fingerprint density at radius 3 is 1.48 bits per heavy atom. The van der Waals surface area contributed by atoms with Crippen molar-refractivity contribution >= 4 is 79.5 Å². The molecule has 1 N–H and O–H groups in total. The Bertz CT molecular complexity index is 3290. The third kappa shape index (κ3) is 18.1. The number of carbonyl (C=O) groups excluding carboxylic acids is 2. The summed E-state index contributed by atoms with van der Waals surface area (Å²) in [5, 5.41) is 12.2. The summed E-state index contributed by atoms with van der Waals surface area (Å²) >= 11 is 13.0. The highest BCUT2D eigenvalue weighted by Crippen LogP contribution is 2.44. The van der Waals surface area contributed by atoms with Crippen molar-refractivity contribution in [2.45, 2.75) is 214 Å². The van der Waals surface area contributed by atoms with Crippen molar-refractivity contribution in [3.63, 3.8) is 0 Å². The van der Waals surface area contributed by atoms with E-state index in [-0.39, 0.29) is 73.4 Å². The van der Waals surface area contributed by atoms with Crippen molar-refractivity contribution in [3.8, 4) is 23.0 Å². The van der Waals surface area contributed by atoms with Gasteiger partial charge in [-0.05, 0) is 172 Å². The van der Waals surface area contributed by atoms with Crippen LogP contribution in [0.1, 0.15) is 141 Å². The Morgan fingerprint density at radius 2 is 1.04 bits per heavy atom. The van der Waals surface area contributed by atoms with Crippen LogP contribution in [0.4, 0.5) is 20.2 Å². The van der Waals surface area contributed by atoms with Gasteiger partial charge in [-0.2, -0.15) is 0 Å². The first-order chi connectivity index (χ1) is 38.7. The fourth-order valence-electron chi connectivity index (χ4n) is 8.11. The Hall–Kier alpha value is -5.03. The number of nitrogens with zero attached hydrogens (tertiary/aromatic N) is 4. The van der Waals surface area contributed by atoms with Crippen LogP contribution in [0.15, 0.2) is 65.1 Å². The van der Waals surface area contributed by atoms with Gasteiger partial charge in [0.15, 0.2) is 34.1 Å². The maximum Gasteiger partial charge on any atom is 0.250 e. The van der Waals surface area contributed by atoms with E-state index in [2.05, 4.69) is 148 Å². The Kier molecular flexibility index (Phi) is 23.5. The fourth-order valence-corrected chi connectivity index (χ4v) is 13.5. The summed E-state index contributed by atoms with van der Waals surface area (Å²) in [6.45, 7) is 64.6. The number of hydrogen-bond donors (Lipinski definition) is 1. The van der Waals surface area contributed by atoms with Crippen molar-refractivity contribution in [2.24, 2.45) is 5.92 Å². The van der Waals surface area contributed by atoms with Crippen LogP contribution in [-0.4, -0.2) is 73.9 Å². The molecule has 0 fully saturated rings. The summed E-state index contributed by atoms with van der Waals surface area (Å²) in [5.74, 6) is -1.59. The topological polar surface area (TPSA) is 131 Å². The van der Waals surface area contributed by atoms with Crippen molar-refractivity contribution in [1.82, 2.24) is 15.5 Å². The standard InChI is InChI=1S/C33H48ClFN2O4Si2.C32H45ClFN3O3Si2/c1-21-23(15-17-27(36-9)30(21)34)18-25(22(2)40-42(10,11)32(3,4)5)31(39)37-20-28(38)24-14-16-26(35)29(19-24)41-43(12,13)33(6,7)8;1-20-22(15-17-26(35-9)28(20)33)18-24(21(2)39-41(10,11)31(3,4)5)30-37-36-29(38-30)23-14-16-25(34)27(19-23)40-42(12,13)32(6,7)8/h14-17,19,22,25H,18,20H2,1-8,10-13H3,(H,37,39);14-17,19,21,24H,18H2,1-8,10-13H3/t22-,25?;21-,24?/m11/s1. The zero-order valence-electron chi connectivity index (χ0n) is 54.9. The van der Waals surface area contributed by atoms with Gasteiger partial charge >= 0.3 is 0 Å². The Morgan fingerprint density at radius 1 is 0.612 bits per heavy atom. The predicted octanol–water partition coefficient (Wildman–Crippen LogP) is 19.8. The first-order valence-electron chi connectivity index (χ1n) is 29.0. The minimum atomic E-state index is -2.34. The van der Waals surface area contributed by atoms with E-state index in [0.717, 1.165) is 22.3 Å². The second-order valence-corrected chi connectivity index (χ2v) is 48.2. The van der Waals surface area contributed by atoms with Crippen molar-refractivity contribution in [3.05, 3.63) is 139 Å². The summed E-state index contributed by atoms with van der Waals surface area (Å²) in [6.07, 6.45) is 0.152. The van der Waals surface area contributed by atoms with Crippen molar-refractivity contribution < 1.29 is 40.5 Å². The summed E-state index contributed by atoms with van der Waals surface area (Å²) in [5.41, 5.74) is 5.03. The molecule has 20 heteroatoms. The van der Waals surface area contributed by atoms with Crippen molar-refractivity contribution in [1.29, 1.82) is 0 Å².